The first-order valence-corrected chi connectivity index (χ1v) is 13.4. The molecule has 40 heavy (non-hydrogen) atoms. The second-order valence-corrected chi connectivity index (χ2v) is 10.1. The molecule has 2 aliphatic heterocycles. The van der Waals surface area contributed by atoms with Crippen LogP contribution in [0.3, 0.4) is 0 Å². The van der Waals surface area contributed by atoms with Crippen molar-refractivity contribution in [2.45, 2.75) is 32.9 Å². The van der Waals surface area contributed by atoms with Crippen LogP contribution in [0.25, 0.3) is 5.76 Å². The average molecular weight is 555 g/mol. The first-order chi connectivity index (χ1) is 19.2. The summed E-state index contributed by atoms with van der Waals surface area (Å²) in [5, 5.41) is 11.6. The molecule has 0 aliphatic carbocycles. The van der Waals surface area contributed by atoms with Crippen molar-refractivity contribution in [2.24, 2.45) is 0 Å². The highest BCUT2D eigenvalue weighted by Gasteiger charge is 2.46. The maximum atomic E-state index is 13.5. The lowest BCUT2D eigenvalue weighted by molar-refractivity contribution is -0.140. The van der Waals surface area contributed by atoms with Gasteiger partial charge in [0.25, 0.3) is 11.7 Å². The van der Waals surface area contributed by atoms with E-state index in [0.717, 1.165) is 18.7 Å². The van der Waals surface area contributed by atoms with Crippen LogP contribution >= 0.6 is 0 Å². The molecular weight excluding hydrogens is 516 g/mol. The Balaban J connectivity index is 1.83. The summed E-state index contributed by atoms with van der Waals surface area (Å²) in [6, 6.07) is 7.73. The molecule has 10 heteroatoms. The lowest BCUT2D eigenvalue weighted by Gasteiger charge is -2.31. The molecule has 216 valence electrons. The standard InChI is InChI=1S/C30H38N2O8/c1-18(2)40-22-8-7-20(15-19(22)3)27(33)25-26(21-16-23(36-4)29(38-6)24(17-21)37-5)32(30(35)28(25)34)10-9-31-11-13-39-14-12-31/h7-8,15-18,26,33H,9-14H2,1-6H3/b27-25+. The Hall–Kier alpha value is -3.76. The highest BCUT2D eigenvalue weighted by Crippen LogP contribution is 2.45. The number of nitrogens with zero attached hydrogens (tertiary/aromatic N) is 2. The fourth-order valence-corrected chi connectivity index (χ4v) is 5.13. The fourth-order valence-electron chi connectivity index (χ4n) is 5.13. The highest BCUT2D eigenvalue weighted by molar-refractivity contribution is 6.46. The van der Waals surface area contributed by atoms with Gasteiger partial charge in [0.1, 0.15) is 11.5 Å². The van der Waals surface area contributed by atoms with E-state index in [2.05, 4.69) is 4.90 Å². The number of ketones is 1. The molecule has 2 fully saturated rings. The zero-order valence-corrected chi connectivity index (χ0v) is 24.0. The van der Waals surface area contributed by atoms with Crippen molar-refractivity contribution in [3.63, 3.8) is 0 Å². The normalized spacial score (nSPS) is 19.3. The Morgan fingerprint density at radius 2 is 1.62 bits per heavy atom. The van der Waals surface area contributed by atoms with E-state index >= 15 is 0 Å². The van der Waals surface area contributed by atoms with E-state index in [0.29, 0.717) is 53.9 Å². The van der Waals surface area contributed by atoms with Crippen molar-refractivity contribution in [1.82, 2.24) is 9.80 Å². The number of likely N-dealkylation sites (tertiary alicyclic amines) is 1. The molecule has 1 amide bonds. The summed E-state index contributed by atoms with van der Waals surface area (Å²) in [4.78, 5) is 30.7. The number of carbonyl (C=O) groups excluding carboxylic acids is 2. The summed E-state index contributed by atoms with van der Waals surface area (Å²) in [5.74, 6) is 0.131. The van der Waals surface area contributed by atoms with E-state index in [4.69, 9.17) is 23.7 Å². The summed E-state index contributed by atoms with van der Waals surface area (Å²) in [5.41, 5.74) is 1.76. The minimum Gasteiger partial charge on any atom is -0.507 e. The molecule has 1 atom stereocenters. The Labute approximate surface area is 235 Å². The maximum absolute atomic E-state index is 13.5. The fraction of sp³-hybridized carbons (Fsp3) is 0.467. The lowest BCUT2D eigenvalue weighted by Crippen LogP contribution is -2.42. The molecule has 2 aliphatic rings. The molecule has 2 aromatic carbocycles. The smallest absolute Gasteiger partial charge is 0.295 e. The number of ether oxygens (including phenoxy) is 5. The Morgan fingerprint density at radius 1 is 0.975 bits per heavy atom. The molecule has 4 rings (SSSR count). The zero-order valence-electron chi connectivity index (χ0n) is 24.0. The SMILES string of the molecule is COc1cc(C2/C(=C(\O)c3ccc(OC(C)C)c(C)c3)C(=O)C(=O)N2CCN2CCOCC2)cc(OC)c1OC. The highest BCUT2D eigenvalue weighted by atomic mass is 16.5. The van der Waals surface area contributed by atoms with Crippen molar-refractivity contribution >= 4 is 17.4 Å². The minimum absolute atomic E-state index is 0.00169. The van der Waals surface area contributed by atoms with Crippen LogP contribution in [0.5, 0.6) is 23.0 Å². The van der Waals surface area contributed by atoms with E-state index in [1.165, 1.54) is 26.2 Å². The number of aliphatic hydroxyl groups excluding tert-OH is 1. The van der Waals surface area contributed by atoms with Crippen LogP contribution in [0, 0.1) is 6.92 Å². The van der Waals surface area contributed by atoms with E-state index in [-0.39, 0.29) is 24.0 Å². The van der Waals surface area contributed by atoms with E-state index in [9.17, 15) is 14.7 Å². The topological polar surface area (TPSA) is 107 Å². The van der Waals surface area contributed by atoms with Crippen LogP contribution in [-0.2, 0) is 14.3 Å². The van der Waals surface area contributed by atoms with Gasteiger partial charge in [0.2, 0.25) is 5.75 Å². The van der Waals surface area contributed by atoms with Crippen LogP contribution in [0.4, 0.5) is 0 Å². The van der Waals surface area contributed by atoms with Crippen LogP contribution in [0.2, 0.25) is 0 Å². The largest absolute Gasteiger partial charge is 0.507 e. The van der Waals surface area contributed by atoms with Gasteiger partial charge in [0, 0.05) is 31.7 Å². The molecule has 0 spiro atoms. The van der Waals surface area contributed by atoms with Gasteiger partial charge in [-0.2, -0.15) is 0 Å². The average Bonchev–Trinajstić information content (AvgIpc) is 3.21. The number of hydrogen-bond acceptors (Lipinski definition) is 9. The molecule has 1 unspecified atom stereocenters. The molecule has 0 bridgehead atoms. The molecule has 10 nitrogen and oxygen atoms in total. The first-order valence-electron chi connectivity index (χ1n) is 13.4. The Kier molecular flexibility index (Phi) is 9.21. The third-order valence-electron chi connectivity index (χ3n) is 7.11. The van der Waals surface area contributed by atoms with Crippen molar-refractivity contribution < 1.29 is 38.4 Å². The molecule has 2 saturated heterocycles. The molecule has 1 N–H and O–H groups in total. The third-order valence-corrected chi connectivity index (χ3v) is 7.11. The van der Waals surface area contributed by atoms with Crippen LogP contribution in [-0.4, -0.2) is 93.4 Å². The Morgan fingerprint density at radius 3 is 2.17 bits per heavy atom. The second-order valence-electron chi connectivity index (χ2n) is 10.1. The summed E-state index contributed by atoms with van der Waals surface area (Å²) in [6.45, 7) is 9.28. The van der Waals surface area contributed by atoms with Gasteiger partial charge < -0.3 is 33.7 Å². The summed E-state index contributed by atoms with van der Waals surface area (Å²) < 4.78 is 27.9. The van der Waals surface area contributed by atoms with Gasteiger partial charge in [-0.25, -0.2) is 0 Å². The number of Topliss-reactive ketones (excluding diaryl/α,β-unsaturated/α-hetero) is 1. The lowest BCUT2D eigenvalue weighted by atomic mass is 9.94. The number of aliphatic hydroxyl groups is 1. The number of rotatable bonds is 10. The van der Waals surface area contributed by atoms with Crippen molar-refractivity contribution in [2.75, 3.05) is 60.7 Å². The monoisotopic (exact) mass is 554 g/mol. The van der Waals surface area contributed by atoms with Gasteiger partial charge in [-0.05, 0) is 62.2 Å². The predicted octanol–water partition coefficient (Wildman–Crippen LogP) is 3.56. The van der Waals surface area contributed by atoms with Crippen LogP contribution in [0.15, 0.2) is 35.9 Å². The van der Waals surface area contributed by atoms with Gasteiger partial charge in [0.05, 0.1) is 52.3 Å². The number of benzene rings is 2. The van der Waals surface area contributed by atoms with Crippen LogP contribution < -0.4 is 18.9 Å². The molecule has 2 heterocycles. The maximum Gasteiger partial charge on any atom is 0.295 e. The molecule has 0 aromatic heterocycles. The van der Waals surface area contributed by atoms with Gasteiger partial charge in [-0.1, -0.05) is 0 Å². The summed E-state index contributed by atoms with van der Waals surface area (Å²) in [7, 11) is 4.50. The summed E-state index contributed by atoms with van der Waals surface area (Å²) in [6.07, 6.45) is -0.0185. The molecule has 0 radical (unpaired) electrons. The number of aryl methyl sites for hydroxylation is 1. The van der Waals surface area contributed by atoms with Gasteiger partial charge in [0.15, 0.2) is 11.5 Å². The van der Waals surface area contributed by atoms with Gasteiger partial charge in [-0.3, -0.25) is 14.5 Å². The minimum atomic E-state index is -0.873. The molecule has 2 aromatic rings. The third kappa shape index (κ3) is 5.88. The van der Waals surface area contributed by atoms with E-state index in [1.54, 1.807) is 30.3 Å². The quantitative estimate of drug-likeness (QED) is 0.268. The van der Waals surface area contributed by atoms with Crippen molar-refractivity contribution in [3.05, 3.63) is 52.6 Å². The number of amides is 1. The zero-order chi connectivity index (χ0) is 29.0. The van der Waals surface area contributed by atoms with Crippen molar-refractivity contribution in [1.29, 1.82) is 0 Å². The van der Waals surface area contributed by atoms with Crippen molar-refractivity contribution in [3.8, 4) is 23.0 Å². The number of morpholine rings is 1. The van der Waals surface area contributed by atoms with Gasteiger partial charge in [-0.15, -0.1) is 0 Å². The van der Waals surface area contributed by atoms with Gasteiger partial charge >= 0.3 is 0 Å². The summed E-state index contributed by atoms with van der Waals surface area (Å²) >= 11 is 0. The van der Waals surface area contributed by atoms with E-state index in [1.807, 2.05) is 20.8 Å². The second kappa shape index (κ2) is 12.6. The number of hydrogen-bond donors (Lipinski definition) is 1. The molecule has 0 saturated carbocycles. The number of carbonyl (C=O) groups is 2. The Bertz CT molecular complexity index is 1260. The van der Waals surface area contributed by atoms with E-state index < -0.39 is 17.7 Å². The van der Waals surface area contributed by atoms with Crippen LogP contribution in [0.1, 0.15) is 36.6 Å². The number of methoxy groups -OCH3 is 3. The first kappa shape index (κ1) is 29.2. The molecular formula is C30H38N2O8. The predicted molar refractivity (Wildman–Crippen MR) is 149 cm³/mol.